The summed E-state index contributed by atoms with van der Waals surface area (Å²) in [6, 6.07) is 7.74. The van der Waals surface area contributed by atoms with E-state index in [1.807, 2.05) is 50.5 Å². The number of nitrogens with zero attached hydrogens (tertiary/aromatic N) is 5. The number of amides is 1. The van der Waals surface area contributed by atoms with E-state index in [2.05, 4.69) is 41.9 Å². The van der Waals surface area contributed by atoms with Gasteiger partial charge in [-0.25, -0.2) is 9.97 Å². The summed E-state index contributed by atoms with van der Waals surface area (Å²) in [6.45, 7) is 5.60. The molecule has 6 aromatic heterocycles. The van der Waals surface area contributed by atoms with Crippen molar-refractivity contribution in [3.05, 3.63) is 59.8 Å². The van der Waals surface area contributed by atoms with Gasteiger partial charge in [0.25, 0.3) is 0 Å². The molecule has 1 amide bonds. The summed E-state index contributed by atoms with van der Waals surface area (Å²) in [6.07, 6.45) is 6.94. The predicted molar refractivity (Wildman–Crippen MR) is 141 cm³/mol. The Hall–Kier alpha value is -4.44. The van der Waals surface area contributed by atoms with E-state index in [9.17, 15) is 4.79 Å². The maximum Gasteiger partial charge on any atom is 0.229 e. The molecule has 0 radical (unpaired) electrons. The van der Waals surface area contributed by atoms with Crippen LogP contribution in [0, 0.1) is 5.41 Å². The van der Waals surface area contributed by atoms with Gasteiger partial charge in [0.1, 0.15) is 11.0 Å². The average Bonchev–Trinajstić information content (AvgIpc) is 3.62. The summed E-state index contributed by atoms with van der Waals surface area (Å²) >= 11 is 1.63. The number of imidazole rings is 1. The zero-order valence-corrected chi connectivity index (χ0v) is 20.6. The van der Waals surface area contributed by atoms with Crippen LogP contribution in [0.5, 0.6) is 0 Å². The standard InChI is InChI=1S/C26H22N8OS/c1-26(2,3)25(35)29-16-8-15(9-27-10-16)18-4-5-19-22(30-18)23(34-33-19)24-31-20-12-28-11-17(21(20)32-24)14-6-7-36-13-14/h4-13H,1-3H3,(H,29,35)(H,31,32)(H,33,34). The first kappa shape index (κ1) is 22.1. The maximum atomic E-state index is 12.4. The Morgan fingerprint density at radius 2 is 1.81 bits per heavy atom. The number of aromatic nitrogens is 7. The number of pyridine rings is 3. The van der Waals surface area contributed by atoms with Gasteiger partial charge in [0.15, 0.2) is 11.5 Å². The quantitative estimate of drug-likeness (QED) is 0.290. The molecular weight excluding hydrogens is 472 g/mol. The van der Waals surface area contributed by atoms with E-state index in [0.29, 0.717) is 28.4 Å². The number of hydrogen-bond donors (Lipinski definition) is 3. The first-order valence-electron chi connectivity index (χ1n) is 11.4. The molecule has 0 aliphatic carbocycles. The lowest BCUT2D eigenvalue weighted by Gasteiger charge is -2.17. The van der Waals surface area contributed by atoms with Gasteiger partial charge in [-0.2, -0.15) is 16.4 Å². The van der Waals surface area contributed by atoms with Crippen LogP contribution in [0.1, 0.15) is 20.8 Å². The van der Waals surface area contributed by atoms with Gasteiger partial charge in [-0.1, -0.05) is 20.8 Å². The number of hydrogen-bond acceptors (Lipinski definition) is 7. The summed E-state index contributed by atoms with van der Waals surface area (Å²) in [5.74, 6) is 0.526. The molecule has 0 saturated carbocycles. The van der Waals surface area contributed by atoms with Crippen LogP contribution >= 0.6 is 11.3 Å². The molecule has 9 nitrogen and oxygen atoms in total. The van der Waals surface area contributed by atoms with Crippen molar-refractivity contribution in [2.24, 2.45) is 5.41 Å². The van der Waals surface area contributed by atoms with Crippen molar-refractivity contribution in [1.29, 1.82) is 0 Å². The average molecular weight is 495 g/mol. The van der Waals surface area contributed by atoms with Crippen molar-refractivity contribution in [1.82, 2.24) is 35.1 Å². The van der Waals surface area contributed by atoms with Crippen LogP contribution < -0.4 is 5.32 Å². The normalized spacial score (nSPS) is 11.9. The third-order valence-electron chi connectivity index (χ3n) is 5.83. The zero-order valence-electron chi connectivity index (χ0n) is 19.8. The lowest BCUT2D eigenvalue weighted by molar-refractivity contribution is -0.123. The molecule has 36 heavy (non-hydrogen) atoms. The molecule has 6 rings (SSSR count). The van der Waals surface area contributed by atoms with Crippen LogP contribution in [-0.2, 0) is 4.79 Å². The fourth-order valence-electron chi connectivity index (χ4n) is 3.87. The van der Waals surface area contributed by atoms with Crippen LogP contribution in [0.15, 0.2) is 59.8 Å². The fraction of sp³-hybridized carbons (Fsp3) is 0.154. The Kier molecular flexibility index (Phi) is 5.11. The lowest BCUT2D eigenvalue weighted by atomic mass is 9.95. The van der Waals surface area contributed by atoms with Gasteiger partial charge < -0.3 is 10.3 Å². The number of carbonyl (C=O) groups is 1. The van der Waals surface area contributed by atoms with Crippen molar-refractivity contribution >= 4 is 45.0 Å². The van der Waals surface area contributed by atoms with E-state index in [0.717, 1.165) is 33.2 Å². The highest BCUT2D eigenvalue weighted by Gasteiger charge is 2.22. The number of anilines is 1. The van der Waals surface area contributed by atoms with Crippen molar-refractivity contribution in [3.63, 3.8) is 0 Å². The number of aromatic amines is 2. The highest BCUT2D eigenvalue weighted by atomic mass is 32.1. The number of carbonyl (C=O) groups excluding carboxylic acids is 1. The number of H-pyrrole nitrogens is 2. The van der Waals surface area contributed by atoms with E-state index >= 15 is 0 Å². The first-order chi connectivity index (χ1) is 17.4. The molecule has 0 fully saturated rings. The molecular formula is C26H22N8OS. The Labute approximate surface area is 210 Å². The second-order valence-corrected chi connectivity index (χ2v) is 10.3. The smallest absolute Gasteiger partial charge is 0.229 e. The first-order valence-corrected chi connectivity index (χ1v) is 12.3. The molecule has 10 heteroatoms. The lowest BCUT2D eigenvalue weighted by Crippen LogP contribution is -2.27. The number of nitrogens with one attached hydrogen (secondary N) is 3. The van der Waals surface area contributed by atoms with Gasteiger partial charge in [0.2, 0.25) is 5.91 Å². The SMILES string of the molecule is CC(C)(C)C(=O)Nc1cncc(-c2ccc3[nH]nc(-c4nc5c(-c6ccsc6)cncc5[nH]4)c3n2)c1. The molecule has 0 aromatic carbocycles. The largest absolute Gasteiger partial charge is 0.335 e. The van der Waals surface area contributed by atoms with Gasteiger partial charge in [0.05, 0.1) is 34.8 Å². The van der Waals surface area contributed by atoms with Crippen LogP contribution in [-0.4, -0.2) is 41.0 Å². The summed E-state index contributed by atoms with van der Waals surface area (Å²) in [7, 11) is 0. The topological polar surface area (TPSA) is 125 Å². The third-order valence-corrected chi connectivity index (χ3v) is 6.51. The summed E-state index contributed by atoms with van der Waals surface area (Å²) < 4.78 is 0. The summed E-state index contributed by atoms with van der Waals surface area (Å²) in [5, 5.41) is 14.6. The second kappa shape index (κ2) is 8.35. The van der Waals surface area contributed by atoms with E-state index < -0.39 is 5.41 Å². The van der Waals surface area contributed by atoms with Crippen LogP contribution in [0.2, 0.25) is 0 Å². The predicted octanol–water partition coefficient (Wildman–Crippen LogP) is 5.67. The maximum absolute atomic E-state index is 12.4. The molecule has 6 heterocycles. The molecule has 0 unspecified atom stereocenters. The van der Waals surface area contributed by atoms with Gasteiger partial charge >= 0.3 is 0 Å². The Morgan fingerprint density at radius 1 is 0.944 bits per heavy atom. The van der Waals surface area contributed by atoms with Crippen LogP contribution in [0.4, 0.5) is 5.69 Å². The highest BCUT2D eigenvalue weighted by Crippen LogP contribution is 2.32. The number of rotatable bonds is 4. The Bertz CT molecular complexity index is 1730. The van der Waals surface area contributed by atoms with E-state index in [4.69, 9.17) is 9.97 Å². The molecule has 3 N–H and O–H groups in total. The molecule has 0 aliphatic rings. The van der Waals surface area contributed by atoms with E-state index in [1.165, 1.54) is 0 Å². The highest BCUT2D eigenvalue weighted by molar-refractivity contribution is 7.08. The zero-order chi connectivity index (χ0) is 24.9. The fourth-order valence-corrected chi connectivity index (χ4v) is 4.52. The molecule has 0 spiro atoms. The van der Waals surface area contributed by atoms with Gasteiger partial charge in [0, 0.05) is 28.9 Å². The minimum atomic E-state index is -0.510. The van der Waals surface area contributed by atoms with Crippen molar-refractivity contribution in [2.75, 3.05) is 5.32 Å². The van der Waals surface area contributed by atoms with Crippen molar-refractivity contribution in [3.8, 4) is 33.9 Å². The molecule has 0 saturated heterocycles. The van der Waals surface area contributed by atoms with Crippen LogP contribution in [0.25, 0.3) is 56.0 Å². The van der Waals surface area contributed by atoms with Crippen molar-refractivity contribution < 1.29 is 4.79 Å². The third kappa shape index (κ3) is 3.91. The van der Waals surface area contributed by atoms with Crippen molar-refractivity contribution in [2.45, 2.75) is 20.8 Å². The Balaban J connectivity index is 1.40. The van der Waals surface area contributed by atoms with Crippen LogP contribution in [0.3, 0.4) is 0 Å². The second-order valence-electron chi connectivity index (χ2n) is 9.51. The number of fused-ring (bicyclic) bond motifs is 2. The number of thiophene rings is 1. The van der Waals surface area contributed by atoms with Gasteiger partial charge in [-0.05, 0) is 40.6 Å². The minimum absolute atomic E-state index is 0.0804. The minimum Gasteiger partial charge on any atom is -0.335 e. The monoisotopic (exact) mass is 494 g/mol. The molecule has 6 aromatic rings. The van der Waals surface area contributed by atoms with E-state index in [1.54, 1.807) is 29.9 Å². The molecule has 0 atom stereocenters. The van der Waals surface area contributed by atoms with E-state index in [-0.39, 0.29) is 5.91 Å². The summed E-state index contributed by atoms with van der Waals surface area (Å²) in [4.78, 5) is 34.2. The molecule has 0 bridgehead atoms. The Morgan fingerprint density at radius 3 is 2.61 bits per heavy atom. The molecule has 178 valence electrons. The van der Waals surface area contributed by atoms with Gasteiger partial charge in [-0.15, -0.1) is 0 Å². The van der Waals surface area contributed by atoms with Gasteiger partial charge in [-0.3, -0.25) is 19.9 Å². The summed E-state index contributed by atoms with van der Waals surface area (Å²) in [5.41, 5.74) is 7.38. The molecule has 0 aliphatic heterocycles.